The third-order valence-corrected chi connectivity index (χ3v) is 6.51. The predicted octanol–water partition coefficient (Wildman–Crippen LogP) is 4.71. The Bertz CT molecular complexity index is 754. The second-order valence-electron chi connectivity index (χ2n) is 5.38. The molecule has 1 amide bonds. The molecule has 0 radical (unpaired) electrons. The number of hydrogen-bond acceptors (Lipinski definition) is 4. The number of aromatic nitrogens is 2. The molecule has 0 spiro atoms. The third kappa shape index (κ3) is 3.06. The summed E-state index contributed by atoms with van der Waals surface area (Å²) in [5.74, 6) is 0.937. The van der Waals surface area contributed by atoms with Gasteiger partial charge in [0, 0.05) is 25.9 Å². The molecular weight excluding hydrogens is 442 g/mol. The Labute approximate surface area is 156 Å². The molecule has 3 rings (SSSR count). The number of rotatable bonds is 2. The van der Waals surface area contributed by atoms with E-state index in [1.807, 2.05) is 39.0 Å². The van der Waals surface area contributed by atoms with Gasteiger partial charge in [-0.25, -0.2) is 9.97 Å². The highest BCUT2D eigenvalue weighted by Crippen LogP contribution is 2.45. The summed E-state index contributed by atoms with van der Waals surface area (Å²) in [4.78, 5) is 23.3. The third-order valence-electron chi connectivity index (χ3n) is 3.95. The predicted molar refractivity (Wildman–Crippen MR) is 101 cm³/mol. The van der Waals surface area contributed by atoms with E-state index in [0.29, 0.717) is 11.7 Å². The first kappa shape index (κ1) is 16.9. The maximum atomic E-state index is 12.5. The SMILES string of the molecule is Cc1nc(N2C(=O)CS[C@H]2c2c(Br)cccc2Br)nc(C)c1C. The molecule has 1 aromatic heterocycles. The quantitative estimate of drug-likeness (QED) is 0.656. The molecule has 1 aliphatic heterocycles. The normalized spacial score (nSPS) is 17.9. The Balaban J connectivity index is 2.11. The van der Waals surface area contributed by atoms with Gasteiger partial charge < -0.3 is 0 Å². The van der Waals surface area contributed by atoms with E-state index in [1.165, 1.54) is 0 Å². The highest BCUT2D eigenvalue weighted by molar-refractivity contribution is 9.11. The van der Waals surface area contributed by atoms with Gasteiger partial charge in [0.05, 0.1) is 5.75 Å². The summed E-state index contributed by atoms with van der Waals surface area (Å²) >= 11 is 8.78. The fourth-order valence-electron chi connectivity index (χ4n) is 2.46. The zero-order valence-corrected chi connectivity index (χ0v) is 16.9. The van der Waals surface area contributed by atoms with Crippen LogP contribution in [0.3, 0.4) is 0 Å². The number of hydrogen-bond donors (Lipinski definition) is 0. The summed E-state index contributed by atoms with van der Waals surface area (Å²) in [6.45, 7) is 5.89. The topological polar surface area (TPSA) is 46.1 Å². The molecule has 1 aliphatic rings. The van der Waals surface area contributed by atoms with Crippen LogP contribution in [0.5, 0.6) is 0 Å². The van der Waals surface area contributed by atoms with Gasteiger partial charge in [-0.3, -0.25) is 9.69 Å². The standard InChI is InChI=1S/C16H15Br2N3OS/c1-8-9(2)19-16(20-10(8)3)21-13(22)7-23-15(21)14-11(17)5-4-6-12(14)18/h4-6,15H,7H2,1-3H3/t15-/m0/s1. The molecule has 120 valence electrons. The lowest BCUT2D eigenvalue weighted by atomic mass is 10.2. The van der Waals surface area contributed by atoms with E-state index >= 15 is 0 Å². The first-order valence-corrected chi connectivity index (χ1v) is 9.73. The molecule has 0 aliphatic carbocycles. The Hall–Kier alpha value is -0.920. The van der Waals surface area contributed by atoms with Gasteiger partial charge in [0.15, 0.2) is 0 Å². The van der Waals surface area contributed by atoms with Crippen molar-refractivity contribution in [2.24, 2.45) is 0 Å². The summed E-state index contributed by atoms with van der Waals surface area (Å²) in [7, 11) is 0. The van der Waals surface area contributed by atoms with Gasteiger partial charge in [-0.05, 0) is 38.5 Å². The fourth-order valence-corrected chi connectivity index (χ4v) is 5.42. The van der Waals surface area contributed by atoms with Crippen LogP contribution in [-0.4, -0.2) is 21.6 Å². The molecule has 0 saturated carbocycles. The molecule has 1 saturated heterocycles. The van der Waals surface area contributed by atoms with Crippen molar-refractivity contribution >= 4 is 55.5 Å². The molecule has 0 N–H and O–H groups in total. The Kier molecular flexibility index (Phi) is 4.80. The smallest absolute Gasteiger partial charge is 0.240 e. The van der Waals surface area contributed by atoms with E-state index < -0.39 is 0 Å². The van der Waals surface area contributed by atoms with Gasteiger partial charge in [-0.2, -0.15) is 0 Å². The van der Waals surface area contributed by atoms with Gasteiger partial charge in [0.1, 0.15) is 5.37 Å². The zero-order valence-electron chi connectivity index (χ0n) is 12.9. The van der Waals surface area contributed by atoms with Crippen LogP contribution in [0.4, 0.5) is 5.95 Å². The van der Waals surface area contributed by atoms with Crippen LogP contribution in [-0.2, 0) is 4.79 Å². The average Bonchev–Trinajstić information content (AvgIpc) is 2.86. The lowest BCUT2D eigenvalue weighted by Gasteiger charge is -2.25. The van der Waals surface area contributed by atoms with Crippen LogP contribution >= 0.6 is 43.6 Å². The number of nitrogens with zero attached hydrogens (tertiary/aromatic N) is 3. The Morgan fingerprint density at radius 3 is 2.26 bits per heavy atom. The second-order valence-corrected chi connectivity index (χ2v) is 8.16. The number of thioether (sulfide) groups is 1. The molecule has 1 atom stereocenters. The summed E-state index contributed by atoms with van der Waals surface area (Å²) in [6.07, 6.45) is 0. The number of halogens is 2. The number of anilines is 1. The summed E-state index contributed by atoms with van der Waals surface area (Å²) in [5.41, 5.74) is 3.90. The zero-order chi connectivity index (χ0) is 16.7. The van der Waals surface area contributed by atoms with Crippen molar-refractivity contribution in [1.29, 1.82) is 0 Å². The van der Waals surface area contributed by atoms with E-state index in [0.717, 1.165) is 31.5 Å². The van der Waals surface area contributed by atoms with Crippen LogP contribution in [0.25, 0.3) is 0 Å². The maximum Gasteiger partial charge on any atom is 0.240 e. The van der Waals surface area contributed by atoms with Crippen molar-refractivity contribution in [2.75, 3.05) is 10.7 Å². The Morgan fingerprint density at radius 2 is 1.70 bits per heavy atom. The number of carbonyl (C=O) groups is 1. The lowest BCUT2D eigenvalue weighted by Crippen LogP contribution is -2.30. The van der Waals surface area contributed by atoms with Crippen LogP contribution in [0.2, 0.25) is 0 Å². The molecule has 7 heteroatoms. The second kappa shape index (κ2) is 6.53. The highest BCUT2D eigenvalue weighted by Gasteiger charge is 2.38. The lowest BCUT2D eigenvalue weighted by molar-refractivity contribution is -0.115. The van der Waals surface area contributed by atoms with E-state index in [9.17, 15) is 4.79 Å². The van der Waals surface area contributed by atoms with Crippen molar-refractivity contribution < 1.29 is 4.79 Å². The van der Waals surface area contributed by atoms with Gasteiger partial charge in [0.25, 0.3) is 0 Å². The molecule has 4 nitrogen and oxygen atoms in total. The molecule has 1 aromatic carbocycles. The van der Waals surface area contributed by atoms with Gasteiger partial charge >= 0.3 is 0 Å². The van der Waals surface area contributed by atoms with Gasteiger partial charge in [0.2, 0.25) is 11.9 Å². The average molecular weight is 457 g/mol. The number of carbonyl (C=O) groups excluding carboxylic acids is 1. The van der Waals surface area contributed by atoms with Crippen LogP contribution in [0.1, 0.15) is 27.9 Å². The minimum absolute atomic E-state index is 0.0327. The Morgan fingerprint density at radius 1 is 1.13 bits per heavy atom. The largest absolute Gasteiger partial charge is 0.273 e. The molecule has 2 heterocycles. The fraction of sp³-hybridized carbons (Fsp3) is 0.312. The van der Waals surface area contributed by atoms with Crippen molar-refractivity contribution in [3.63, 3.8) is 0 Å². The summed E-state index contributed by atoms with van der Waals surface area (Å²) in [6, 6.07) is 5.92. The van der Waals surface area contributed by atoms with E-state index in [2.05, 4.69) is 41.8 Å². The molecule has 23 heavy (non-hydrogen) atoms. The minimum Gasteiger partial charge on any atom is -0.273 e. The first-order chi connectivity index (χ1) is 10.9. The van der Waals surface area contributed by atoms with Gasteiger partial charge in [-0.15, -0.1) is 11.8 Å². The number of aryl methyl sites for hydroxylation is 2. The van der Waals surface area contributed by atoms with E-state index in [1.54, 1.807) is 16.7 Å². The van der Waals surface area contributed by atoms with E-state index in [4.69, 9.17) is 0 Å². The maximum absolute atomic E-state index is 12.5. The minimum atomic E-state index is -0.144. The van der Waals surface area contributed by atoms with Crippen LogP contribution in [0.15, 0.2) is 27.1 Å². The highest BCUT2D eigenvalue weighted by atomic mass is 79.9. The summed E-state index contributed by atoms with van der Waals surface area (Å²) < 4.78 is 1.93. The molecule has 1 fully saturated rings. The molecule has 2 aromatic rings. The van der Waals surface area contributed by atoms with Gasteiger partial charge in [-0.1, -0.05) is 37.9 Å². The van der Waals surface area contributed by atoms with Crippen molar-refractivity contribution in [2.45, 2.75) is 26.1 Å². The van der Waals surface area contributed by atoms with Crippen LogP contribution in [0, 0.1) is 20.8 Å². The molecular formula is C16H15Br2N3OS. The van der Waals surface area contributed by atoms with Crippen molar-refractivity contribution in [1.82, 2.24) is 9.97 Å². The molecule has 0 bridgehead atoms. The molecule has 0 unspecified atom stereocenters. The number of amides is 1. The monoisotopic (exact) mass is 455 g/mol. The number of benzene rings is 1. The summed E-state index contributed by atoms with van der Waals surface area (Å²) in [5, 5.41) is -0.144. The van der Waals surface area contributed by atoms with Crippen molar-refractivity contribution in [3.8, 4) is 0 Å². The first-order valence-electron chi connectivity index (χ1n) is 7.09. The van der Waals surface area contributed by atoms with Crippen molar-refractivity contribution in [3.05, 3.63) is 49.7 Å². The van der Waals surface area contributed by atoms with E-state index in [-0.39, 0.29) is 11.3 Å². The van der Waals surface area contributed by atoms with Crippen LogP contribution < -0.4 is 4.90 Å².